The highest BCUT2D eigenvalue weighted by Crippen LogP contribution is 2.44. The van der Waals surface area contributed by atoms with Gasteiger partial charge in [-0.25, -0.2) is 0 Å². The quantitative estimate of drug-likeness (QED) is 0.484. The van der Waals surface area contributed by atoms with Crippen molar-refractivity contribution in [2.45, 2.75) is 23.9 Å². The van der Waals surface area contributed by atoms with Crippen molar-refractivity contribution in [3.8, 4) is 5.69 Å². The highest BCUT2D eigenvalue weighted by atomic mass is 79.9. The van der Waals surface area contributed by atoms with Crippen molar-refractivity contribution in [2.75, 3.05) is 5.75 Å². The van der Waals surface area contributed by atoms with E-state index in [1.807, 2.05) is 10.6 Å². The minimum atomic E-state index is -0.181. The Hall–Kier alpha value is -1.31. The second kappa shape index (κ2) is 6.54. The first-order chi connectivity index (χ1) is 11.6. The number of carbonyl (C=O) groups excluding carboxylic acids is 1. The molecule has 7 heteroatoms. The van der Waals surface area contributed by atoms with E-state index in [0.717, 1.165) is 5.69 Å². The summed E-state index contributed by atoms with van der Waals surface area (Å²) in [7, 11) is 0. The van der Waals surface area contributed by atoms with Crippen LogP contribution in [0.25, 0.3) is 16.5 Å². The van der Waals surface area contributed by atoms with E-state index in [4.69, 9.17) is 0 Å². The molecule has 0 unspecified atom stereocenters. The lowest BCUT2D eigenvalue weighted by molar-refractivity contribution is -0.108. The molecular formula is C17H14BrN3OS2. The van der Waals surface area contributed by atoms with Crippen molar-refractivity contribution in [2.24, 2.45) is 0 Å². The van der Waals surface area contributed by atoms with Crippen molar-refractivity contribution in [1.29, 1.82) is 0 Å². The van der Waals surface area contributed by atoms with Crippen LogP contribution in [-0.2, 0) is 4.79 Å². The van der Waals surface area contributed by atoms with Crippen LogP contribution < -0.4 is 0 Å². The maximum atomic E-state index is 11.2. The molecule has 1 fully saturated rings. The number of hydrogen-bond donors (Lipinski definition) is 1. The summed E-state index contributed by atoms with van der Waals surface area (Å²) in [5, 5.41) is 11.2. The Balaban J connectivity index is 1.87. The second-order valence-corrected chi connectivity index (χ2v) is 7.91. The van der Waals surface area contributed by atoms with E-state index in [-0.39, 0.29) is 10.9 Å². The molecule has 3 aromatic rings. The van der Waals surface area contributed by atoms with Gasteiger partial charge in [0.2, 0.25) is 4.73 Å². The van der Waals surface area contributed by atoms with Gasteiger partial charge in [-0.2, -0.15) is 0 Å². The Morgan fingerprint density at radius 2 is 1.96 bits per heavy atom. The van der Waals surface area contributed by atoms with Gasteiger partial charge in [0, 0.05) is 5.39 Å². The molecule has 0 bridgehead atoms. The van der Waals surface area contributed by atoms with Crippen LogP contribution >= 0.6 is 40.3 Å². The molecule has 0 radical (unpaired) electrons. The van der Waals surface area contributed by atoms with E-state index >= 15 is 0 Å². The number of aromatic nitrogens is 3. The molecule has 1 heterocycles. The first kappa shape index (κ1) is 16.2. The van der Waals surface area contributed by atoms with Crippen LogP contribution in [0, 0.1) is 0 Å². The number of thiol groups is 1. The van der Waals surface area contributed by atoms with E-state index in [1.54, 1.807) is 0 Å². The number of thioether (sulfide) groups is 1. The van der Waals surface area contributed by atoms with Gasteiger partial charge in [0.25, 0.3) is 0 Å². The maximum absolute atomic E-state index is 11.2. The predicted octanol–water partition coefficient (Wildman–Crippen LogP) is 4.61. The third kappa shape index (κ3) is 3.00. The first-order valence-corrected chi connectivity index (χ1v) is 9.85. The van der Waals surface area contributed by atoms with Crippen molar-refractivity contribution in [3.05, 3.63) is 46.7 Å². The second-order valence-electron chi connectivity index (χ2n) is 5.76. The summed E-state index contributed by atoms with van der Waals surface area (Å²) in [6, 6.07) is 12.8. The molecule has 2 aromatic carbocycles. The molecule has 0 saturated heterocycles. The van der Waals surface area contributed by atoms with Gasteiger partial charge in [0.15, 0.2) is 10.3 Å². The number of rotatable bonds is 5. The van der Waals surface area contributed by atoms with Crippen molar-refractivity contribution in [1.82, 2.24) is 14.8 Å². The molecule has 24 heavy (non-hydrogen) atoms. The van der Waals surface area contributed by atoms with Gasteiger partial charge in [0.1, 0.15) is 0 Å². The van der Waals surface area contributed by atoms with Gasteiger partial charge >= 0.3 is 0 Å². The van der Waals surface area contributed by atoms with Crippen LogP contribution in [0.4, 0.5) is 0 Å². The van der Waals surface area contributed by atoms with Crippen LogP contribution in [0.2, 0.25) is 0 Å². The lowest BCUT2D eigenvalue weighted by Gasteiger charge is -2.13. The molecule has 4 rings (SSSR count). The molecule has 122 valence electrons. The number of nitrogens with zero attached hydrogens (tertiary/aromatic N) is 3. The Morgan fingerprint density at radius 3 is 2.67 bits per heavy atom. The van der Waals surface area contributed by atoms with Crippen LogP contribution in [0.5, 0.6) is 0 Å². The molecule has 0 spiro atoms. The Morgan fingerprint density at radius 1 is 1.21 bits per heavy atom. The molecule has 0 aliphatic heterocycles. The third-order valence-corrected chi connectivity index (χ3v) is 5.93. The Kier molecular flexibility index (Phi) is 4.40. The van der Waals surface area contributed by atoms with E-state index in [2.05, 4.69) is 69.1 Å². The molecule has 0 amide bonds. The smallest absolute Gasteiger partial charge is 0.205 e. The van der Waals surface area contributed by atoms with Gasteiger partial charge in [-0.1, -0.05) is 42.1 Å². The Labute approximate surface area is 157 Å². The standard InChI is InChI=1S/C17H14BrN3OS2/c18-16-19-20-17(24-9-15(22)23)21(16)14-8-7-11(10-5-6-10)12-3-1-2-4-13(12)14/h1-4,7-8,10H,5-6,9H2,(H,22,23). The summed E-state index contributed by atoms with van der Waals surface area (Å²) in [4.78, 5) is 11.2. The average Bonchev–Trinajstić information content (AvgIpc) is 3.35. The van der Waals surface area contributed by atoms with Crippen LogP contribution in [0.15, 0.2) is 46.3 Å². The minimum absolute atomic E-state index is 0.181. The highest BCUT2D eigenvalue weighted by Gasteiger charge is 2.26. The number of carbonyl (C=O) groups is 1. The molecular weight excluding hydrogens is 406 g/mol. The third-order valence-electron chi connectivity index (χ3n) is 4.11. The summed E-state index contributed by atoms with van der Waals surface area (Å²) in [6.07, 6.45) is 2.54. The highest BCUT2D eigenvalue weighted by molar-refractivity contribution is 9.10. The van der Waals surface area contributed by atoms with E-state index in [1.165, 1.54) is 40.9 Å². The van der Waals surface area contributed by atoms with Crippen LogP contribution in [-0.4, -0.2) is 25.6 Å². The first-order valence-electron chi connectivity index (χ1n) is 7.62. The zero-order chi connectivity index (χ0) is 16.7. The van der Waals surface area contributed by atoms with Gasteiger partial charge < -0.3 is 0 Å². The number of hydrogen-bond acceptors (Lipinski definition) is 4. The Bertz CT molecular complexity index is 937. The summed E-state index contributed by atoms with van der Waals surface area (Å²) < 4.78 is 2.57. The molecule has 1 saturated carbocycles. The minimum Gasteiger partial charge on any atom is -0.287 e. The summed E-state index contributed by atoms with van der Waals surface area (Å²) in [6.45, 7) is 0. The van der Waals surface area contributed by atoms with Crippen molar-refractivity contribution >= 4 is 56.2 Å². The fourth-order valence-electron chi connectivity index (χ4n) is 2.93. The topological polar surface area (TPSA) is 47.8 Å². The molecule has 1 aliphatic carbocycles. The zero-order valence-corrected chi connectivity index (χ0v) is 15.9. The van der Waals surface area contributed by atoms with Crippen molar-refractivity contribution < 1.29 is 4.79 Å². The van der Waals surface area contributed by atoms with E-state index in [9.17, 15) is 4.79 Å². The fourth-order valence-corrected chi connectivity index (χ4v) is 4.34. The molecule has 1 aliphatic rings. The van der Waals surface area contributed by atoms with E-state index < -0.39 is 0 Å². The zero-order valence-electron chi connectivity index (χ0n) is 12.6. The number of fused-ring (bicyclic) bond motifs is 1. The van der Waals surface area contributed by atoms with Gasteiger partial charge in [-0.05, 0) is 51.7 Å². The molecule has 1 aromatic heterocycles. The average molecular weight is 420 g/mol. The number of benzene rings is 2. The fraction of sp³-hybridized carbons (Fsp3) is 0.235. The number of halogens is 1. The van der Waals surface area contributed by atoms with Gasteiger partial charge in [-0.15, -0.1) is 22.8 Å². The lowest BCUT2D eigenvalue weighted by Crippen LogP contribution is -2.01. The normalized spacial score (nSPS) is 14.2. The summed E-state index contributed by atoms with van der Waals surface area (Å²) in [5.41, 5.74) is 2.43. The molecule has 4 nitrogen and oxygen atoms in total. The van der Waals surface area contributed by atoms with Crippen LogP contribution in [0.3, 0.4) is 0 Å². The molecule has 0 N–H and O–H groups in total. The largest absolute Gasteiger partial charge is 0.287 e. The van der Waals surface area contributed by atoms with E-state index in [0.29, 0.717) is 15.8 Å². The maximum Gasteiger partial charge on any atom is 0.205 e. The monoisotopic (exact) mass is 419 g/mol. The molecule has 0 atom stereocenters. The summed E-state index contributed by atoms with van der Waals surface area (Å²) in [5.74, 6) is 0.940. The lowest BCUT2D eigenvalue weighted by atomic mass is 9.99. The van der Waals surface area contributed by atoms with Crippen LogP contribution in [0.1, 0.15) is 24.3 Å². The van der Waals surface area contributed by atoms with Gasteiger partial charge in [0.05, 0.1) is 11.4 Å². The predicted molar refractivity (Wildman–Crippen MR) is 103 cm³/mol. The SMILES string of the molecule is O=C(S)CSc1nnc(Br)n1-c1ccc(C2CC2)c2ccccc12. The van der Waals surface area contributed by atoms with Crippen molar-refractivity contribution in [3.63, 3.8) is 0 Å². The van der Waals surface area contributed by atoms with Gasteiger partial charge in [-0.3, -0.25) is 9.36 Å². The summed E-state index contributed by atoms with van der Waals surface area (Å²) >= 11 is 8.64.